The molecule has 1 rings (SSSR count). The minimum absolute atomic E-state index is 0.0494. The van der Waals surface area contributed by atoms with E-state index in [2.05, 4.69) is 20.5 Å². The highest BCUT2D eigenvalue weighted by Gasteiger charge is 2.22. The number of amides is 1. The fourth-order valence-electron chi connectivity index (χ4n) is 1.00. The Balaban J connectivity index is 2.68. The Labute approximate surface area is 87.4 Å². The molecule has 6 nitrogen and oxygen atoms in total. The lowest BCUT2D eigenvalue weighted by molar-refractivity contribution is -0.119. The van der Waals surface area contributed by atoms with Crippen LogP contribution < -0.4 is 5.32 Å². The molecule has 0 radical (unpaired) electrons. The smallest absolute Gasteiger partial charge is 0.249 e. The van der Waals surface area contributed by atoms with Gasteiger partial charge in [0, 0.05) is 0 Å². The molecule has 0 saturated heterocycles. The maximum atomic E-state index is 11.5. The van der Waals surface area contributed by atoms with Gasteiger partial charge < -0.3 is 0 Å². The molecule has 0 fully saturated rings. The number of carbonyl (C=O) groups excluding carboxylic acids is 1. The van der Waals surface area contributed by atoms with Crippen LogP contribution in [0.2, 0.25) is 0 Å². The van der Waals surface area contributed by atoms with Gasteiger partial charge in [-0.15, -0.1) is 5.10 Å². The lowest BCUT2D eigenvalue weighted by atomic mass is 9.97. The molecule has 6 heteroatoms. The number of anilines is 1. The van der Waals surface area contributed by atoms with Gasteiger partial charge in [-0.1, -0.05) is 13.8 Å². The largest absolute Gasteiger partial charge is 0.292 e. The number of nitrogens with one attached hydrogen (secondary N) is 1. The molecule has 1 N–H and O–H groups in total. The van der Waals surface area contributed by atoms with Gasteiger partial charge in [0.1, 0.15) is 5.92 Å². The monoisotopic (exact) mass is 205 g/mol. The van der Waals surface area contributed by atoms with Crippen molar-refractivity contribution in [3.63, 3.8) is 0 Å². The van der Waals surface area contributed by atoms with Crippen molar-refractivity contribution in [2.24, 2.45) is 11.8 Å². The standard InChI is InChI=1S/C9H11N5O/c1-6(2)7(5-10)8(15)13-9-11-3-4-12-14-9/h3-4,6-7H,1-2H3,(H,11,13,14,15). The fraction of sp³-hybridized carbons (Fsp3) is 0.444. The number of nitrogens with zero attached hydrogens (tertiary/aromatic N) is 4. The van der Waals surface area contributed by atoms with Crippen LogP contribution in [0, 0.1) is 23.2 Å². The molecule has 0 saturated carbocycles. The van der Waals surface area contributed by atoms with Gasteiger partial charge in [0.25, 0.3) is 0 Å². The van der Waals surface area contributed by atoms with Crippen LogP contribution in [-0.4, -0.2) is 21.1 Å². The first-order chi connectivity index (χ1) is 7.15. The van der Waals surface area contributed by atoms with Crippen LogP contribution in [0.25, 0.3) is 0 Å². The molecule has 0 spiro atoms. The van der Waals surface area contributed by atoms with Crippen molar-refractivity contribution in [3.05, 3.63) is 12.4 Å². The first kappa shape index (κ1) is 11.0. The molecule has 0 aliphatic heterocycles. The number of hydrogen-bond donors (Lipinski definition) is 1. The topological polar surface area (TPSA) is 91.6 Å². The molecular formula is C9H11N5O. The van der Waals surface area contributed by atoms with Crippen molar-refractivity contribution >= 4 is 11.9 Å². The third-order valence-electron chi connectivity index (χ3n) is 1.81. The van der Waals surface area contributed by atoms with Crippen LogP contribution >= 0.6 is 0 Å². The highest BCUT2D eigenvalue weighted by Crippen LogP contribution is 2.11. The second-order valence-electron chi connectivity index (χ2n) is 3.31. The molecule has 1 unspecified atom stereocenters. The van der Waals surface area contributed by atoms with Crippen molar-refractivity contribution in [1.82, 2.24) is 15.2 Å². The van der Waals surface area contributed by atoms with Gasteiger partial charge in [-0.25, -0.2) is 4.98 Å². The van der Waals surface area contributed by atoms with Crippen molar-refractivity contribution in [1.29, 1.82) is 5.26 Å². The number of rotatable bonds is 3. The molecule has 0 aliphatic rings. The zero-order valence-electron chi connectivity index (χ0n) is 8.51. The molecule has 0 aromatic carbocycles. The lowest BCUT2D eigenvalue weighted by Gasteiger charge is -2.11. The Bertz CT molecular complexity index is 370. The lowest BCUT2D eigenvalue weighted by Crippen LogP contribution is -2.26. The van der Waals surface area contributed by atoms with E-state index in [-0.39, 0.29) is 11.9 Å². The maximum absolute atomic E-state index is 11.5. The van der Waals surface area contributed by atoms with Gasteiger partial charge in [0.2, 0.25) is 11.9 Å². The van der Waals surface area contributed by atoms with E-state index in [0.29, 0.717) is 0 Å². The molecule has 1 amide bonds. The Kier molecular flexibility index (Phi) is 3.68. The van der Waals surface area contributed by atoms with Gasteiger partial charge >= 0.3 is 0 Å². The summed E-state index contributed by atoms with van der Waals surface area (Å²) < 4.78 is 0. The fourth-order valence-corrected chi connectivity index (χ4v) is 1.00. The Morgan fingerprint density at radius 2 is 2.27 bits per heavy atom. The van der Waals surface area contributed by atoms with Crippen molar-refractivity contribution < 1.29 is 4.79 Å². The molecule has 1 heterocycles. The van der Waals surface area contributed by atoms with Crippen LogP contribution in [-0.2, 0) is 4.79 Å². The first-order valence-corrected chi connectivity index (χ1v) is 4.49. The predicted octanol–water partition coefficient (Wildman–Crippen LogP) is 0.606. The van der Waals surface area contributed by atoms with E-state index in [0.717, 1.165) is 0 Å². The molecular weight excluding hydrogens is 194 g/mol. The van der Waals surface area contributed by atoms with Crippen LogP contribution in [0.5, 0.6) is 0 Å². The summed E-state index contributed by atoms with van der Waals surface area (Å²) in [6.45, 7) is 3.61. The van der Waals surface area contributed by atoms with Gasteiger partial charge in [0.15, 0.2) is 0 Å². The summed E-state index contributed by atoms with van der Waals surface area (Å²) in [5, 5.41) is 18.4. The number of carbonyl (C=O) groups is 1. The Hall–Kier alpha value is -2.03. The average Bonchev–Trinajstić information content (AvgIpc) is 2.19. The zero-order chi connectivity index (χ0) is 11.3. The van der Waals surface area contributed by atoms with E-state index in [1.54, 1.807) is 13.8 Å². The van der Waals surface area contributed by atoms with E-state index in [1.165, 1.54) is 12.4 Å². The maximum Gasteiger partial charge on any atom is 0.249 e. The summed E-state index contributed by atoms with van der Waals surface area (Å²) in [5.74, 6) is -1.04. The van der Waals surface area contributed by atoms with E-state index in [9.17, 15) is 4.79 Å². The number of aromatic nitrogens is 3. The van der Waals surface area contributed by atoms with E-state index < -0.39 is 11.8 Å². The molecule has 1 atom stereocenters. The first-order valence-electron chi connectivity index (χ1n) is 4.49. The van der Waals surface area contributed by atoms with Gasteiger partial charge in [-0.3, -0.25) is 10.1 Å². The average molecular weight is 205 g/mol. The number of hydrogen-bond acceptors (Lipinski definition) is 5. The summed E-state index contributed by atoms with van der Waals surface area (Å²) in [4.78, 5) is 15.3. The second kappa shape index (κ2) is 5.00. The summed E-state index contributed by atoms with van der Waals surface area (Å²) in [6, 6.07) is 1.93. The van der Waals surface area contributed by atoms with E-state index in [4.69, 9.17) is 5.26 Å². The molecule has 1 aromatic heterocycles. The summed E-state index contributed by atoms with van der Waals surface area (Å²) in [6.07, 6.45) is 2.82. The van der Waals surface area contributed by atoms with Gasteiger partial charge in [-0.2, -0.15) is 10.4 Å². The zero-order valence-corrected chi connectivity index (χ0v) is 8.51. The van der Waals surface area contributed by atoms with Crippen LogP contribution in [0.15, 0.2) is 12.4 Å². The second-order valence-corrected chi connectivity index (χ2v) is 3.31. The van der Waals surface area contributed by atoms with Crippen molar-refractivity contribution in [2.45, 2.75) is 13.8 Å². The van der Waals surface area contributed by atoms with Gasteiger partial charge in [-0.05, 0) is 5.92 Å². The number of nitriles is 1. The highest BCUT2D eigenvalue weighted by atomic mass is 16.2. The summed E-state index contributed by atoms with van der Waals surface area (Å²) >= 11 is 0. The normalized spacial score (nSPS) is 11.9. The van der Waals surface area contributed by atoms with Crippen molar-refractivity contribution in [3.8, 4) is 6.07 Å². The highest BCUT2D eigenvalue weighted by molar-refractivity contribution is 5.92. The quantitative estimate of drug-likeness (QED) is 0.780. The minimum atomic E-state index is -0.700. The van der Waals surface area contributed by atoms with Crippen LogP contribution in [0.1, 0.15) is 13.8 Å². The van der Waals surface area contributed by atoms with Crippen molar-refractivity contribution in [2.75, 3.05) is 5.32 Å². The third kappa shape index (κ3) is 2.98. The minimum Gasteiger partial charge on any atom is -0.292 e. The Morgan fingerprint density at radius 1 is 1.53 bits per heavy atom. The van der Waals surface area contributed by atoms with Crippen LogP contribution in [0.4, 0.5) is 5.95 Å². The molecule has 78 valence electrons. The van der Waals surface area contributed by atoms with E-state index >= 15 is 0 Å². The molecule has 0 aliphatic carbocycles. The SMILES string of the molecule is CC(C)C(C#N)C(=O)Nc1nccnn1. The molecule has 0 bridgehead atoms. The van der Waals surface area contributed by atoms with Crippen LogP contribution in [0.3, 0.4) is 0 Å². The van der Waals surface area contributed by atoms with Gasteiger partial charge in [0.05, 0.1) is 18.5 Å². The Morgan fingerprint density at radius 3 is 2.73 bits per heavy atom. The molecule has 1 aromatic rings. The third-order valence-corrected chi connectivity index (χ3v) is 1.81. The predicted molar refractivity (Wildman–Crippen MR) is 52.4 cm³/mol. The van der Waals surface area contributed by atoms with E-state index in [1.807, 2.05) is 6.07 Å². The summed E-state index contributed by atoms with van der Waals surface area (Å²) in [5.41, 5.74) is 0. The molecule has 15 heavy (non-hydrogen) atoms. The summed E-state index contributed by atoms with van der Waals surface area (Å²) in [7, 11) is 0.